The fourth-order valence-corrected chi connectivity index (χ4v) is 4.70. The van der Waals surface area contributed by atoms with Crippen LogP contribution < -0.4 is 9.47 Å². The first-order valence-corrected chi connectivity index (χ1v) is 10.0. The molecule has 8 heteroatoms. The number of fused-ring (bicyclic) bond motifs is 1. The SMILES string of the molecule is COc1nccnc1OC1CCN(S(=O)(=O)c2ccc3ccccc3c2)C1. The van der Waals surface area contributed by atoms with Crippen LogP contribution in [-0.2, 0) is 10.0 Å². The maximum Gasteiger partial charge on any atom is 0.278 e. The number of nitrogens with zero attached hydrogens (tertiary/aromatic N) is 3. The molecule has 140 valence electrons. The predicted octanol–water partition coefficient (Wildman–Crippen LogP) is 2.48. The van der Waals surface area contributed by atoms with Crippen LogP contribution in [0.2, 0.25) is 0 Å². The molecular weight excluding hydrogens is 366 g/mol. The van der Waals surface area contributed by atoms with E-state index in [1.807, 2.05) is 30.3 Å². The van der Waals surface area contributed by atoms with Crippen LogP contribution in [0.5, 0.6) is 11.8 Å². The molecule has 2 aromatic carbocycles. The molecule has 27 heavy (non-hydrogen) atoms. The first-order valence-electron chi connectivity index (χ1n) is 8.58. The third-order valence-corrected chi connectivity index (χ3v) is 6.43. The Morgan fingerprint density at radius 3 is 2.56 bits per heavy atom. The fraction of sp³-hybridized carbons (Fsp3) is 0.263. The molecule has 1 aliphatic rings. The van der Waals surface area contributed by atoms with E-state index >= 15 is 0 Å². The number of methoxy groups -OCH3 is 1. The second-order valence-electron chi connectivity index (χ2n) is 6.27. The maximum atomic E-state index is 13.0. The molecule has 0 amide bonds. The zero-order valence-electron chi connectivity index (χ0n) is 14.8. The Bertz CT molecular complexity index is 1070. The number of benzene rings is 2. The van der Waals surface area contributed by atoms with Crippen molar-refractivity contribution >= 4 is 20.8 Å². The average molecular weight is 385 g/mol. The highest BCUT2D eigenvalue weighted by atomic mass is 32.2. The summed E-state index contributed by atoms with van der Waals surface area (Å²) < 4.78 is 38.4. The molecule has 0 N–H and O–H groups in total. The van der Waals surface area contributed by atoms with Gasteiger partial charge in [-0.2, -0.15) is 4.31 Å². The Hall–Kier alpha value is -2.71. The molecule has 1 aliphatic heterocycles. The Labute approximate surface area is 157 Å². The van der Waals surface area contributed by atoms with Gasteiger partial charge in [-0.3, -0.25) is 0 Å². The van der Waals surface area contributed by atoms with Gasteiger partial charge < -0.3 is 9.47 Å². The van der Waals surface area contributed by atoms with Crippen LogP contribution in [0.15, 0.2) is 59.8 Å². The monoisotopic (exact) mass is 385 g/mol. The number of rotatable bonds is 5. The van der Waals surface area contributed by atoms with Gasteiger partial charge in [-0.15, -0.1) is 0 Å². The minimum Gasteiger partial charge on any atom is -0.477 e. The molecule has 0 bridgehead atoms. The van der Waals surface area contributed by atoms with Crippen LogP contribution in [0.25, 0.3) is 10.8 Å². The molecule has 1 atom stereocenters. The van der Waals surface area contributed by atoms with E-state index in [0.717, 1.165) is 10.8 Å². The van der Waals surface area contributed by atoms with Crippen molar-refractivity contribution in [2.45, 2.75) is 17.4 Å². The summed E-state index contributed by atoms with van der Waals surface area (Å²) in [6.07, 6.45) is 3.30. The van der Waals surface area contributed by atoms with Crippen LogP contribution in [0.4, 0.5) is 0 Å². The molecular formula is C19H19N3O4S. The lowest BCUT2D eigenvalue weighted by molar-refractivity contribution is 0.194. The van der Waals surface area contributed by atoms with Gasteiger partial charge in [-0.1, -0.05) is 30.3 Å². The zero-order chi connectivity index (χ0) is 18.9. The first kappa shape index (κ1) is 17.7. The van der Waals surface area contributed by atoms with Gasteiger partial charge in [0.15, 0.2) is 0 Å². The van der Waals surface area contributed by atoms with E-state index in [1.165, 1.54) is 23.8 Å². The van der Waals surface area contributed by atoms with E-state index in [4.69, 9.17) is 9.47 Å². The molecule has 4 rings (SSSR count). The van der Waals surface area contributed by atoms with Gasteiger partial charge >= 0.3 is 0 Å². The lowest BCUT2D eigenvalue weighted by Gasteiger charge is -2.17. The van der Waals surface area contributed by atoms with Gasteiger partial charge in [0, 0.05) is 18.9 Å². The molecule has 1 fully saturated rings. The highest BCUT2D eigenvalue weighted by Crippen LogP contribution is 2.28. The number of hydrogen-bond donors (Lipinski definition) is 0. The van der Waals surface area contributed by atoms with Gasteiger partial charge in [0.2, 0.25) is 10.0 Å². The van der Waals surface area contributed by atoms with Crippen molar-refractivity contribution in [3.8, 4) is 11.8 Å². The standard InChI is InChI=1S/C19H19N3O4S/c1-25-18-19(21-10-9-20-18)26-16-8-11-22(13-16)27(23,24)17-7-6-14-4-2-3-5-15(14)12-17/h2-7,9-10,12,16H,8,11,13H2,1H3. The van der Waals surface area contributed by atoms with Crippen molar-refractivity contribution in [3.63, 3.8) is 0 Å². The fourth-order valence-electron chi connectivity index (χ4n) is 3.18. The van der Waals surface area contributed by atoms with Gasteiger partial charge in [-0.25, -0.2) is 18.4 Å². The highest BCUT2D eigenvalue weighted by Gasteiger charge is 2.34. The number of aromatic nitrogens is 2. The summed E-state index contributed by atoms with van der Waals surface area (Å²) in [5, 5.41) is 1.91. The van der Waals surface area contributed by atoms with E-state index < -0.39 is 10.0 Å². The van der Waals surface area contributed by atoms with Crippen LogP contribution in [-0.4, -0.2) is 49.0 Å². The Balaban J connectivity index is 1.53. The van der Waals surface area contributed by atoms with E-state index in [0.29, 0.717) is 17.9 Å². The summed E-state index contributed by atoms with van der Waals surface area (Å²) in [5.41, 5.74) is 0. The molecule has 2 heterocycles. The normalized spacial score (nSPS) is 17.9. The third-order valence-electron chi connectivity index (χ3n) is 4.57. The predicted molar refractivity (Wildman–Crippen MR) is 100 cm³/mol. The highest BCUT2D eigenvalue weighted by molar-refractivity contribution is 7.89. The van der Waals surface area contributed by atoms with Crippen LogP contribution in [0, 0.1) is 0 Å². The molecule has 0 saturated carbocycles. The Morgan fingerprint density at radius 1 is 1.04 bits per heavy atom. The zero-order valence-corrected chi connectivity index (χ0v) is 15.6. The smallest absolute Gasteiger partial charge is 0.278 e. The van der Waals surface area contributed by atoms with Gasteiger partial charge in [0.05, 0.1) is 18.6 Å². The topological polar surface area (TPSA) is 81.6 Å². The van der Waals surface area contributed by atoms with Gasteiger partial charge in [0.1, 0.15) is 6.10 Å². The van der Waals surface area contributed by atoms with Crippen molar-refractivity contribution in [1.29, 1.82) is 0 Å². The summed E-state index contributed by atoms with van der Waals surface area (Å²) >= 11 is 0. The summed E-state index contributed by atoms with van der Waals surface area (Å²) in [4.78, 5) is 8.45. The quantitative estimate of drug-likeness (QED) is 0.671. The average Bonchev–Trinajstić information content (AvgIpc) is 3.17. The number of sulfonamides is 1. The van der Waals surface area contributed by atoms with E-state index in [2.05, 4.69) is 9.97 Å². The molecule has 0 radical (unpaired) electrons. The lowest BCUT2D eigenvalue weighted by atomic mass is 10.1. The van der Waals surface area contributed by atoms with E-state index in [1.54, 1.807) is 12.1 Å². The Morgan fingerprint density at radius 2 is 1.78 bits per heavy atom. The summed E-state index contributed by atoms with van der Waals surface area (Å²) in [5.74, 6) is 0.559. The third kappa shape index (κ3) is 3.45. The van der Waals surface area contributed by atoms with Crippen LogP contribution >= 0.6 is 0 Å². The Kier molecular flexibility index (Phi) is 4.67. The summed E-state index contributed by atoms with van der Waals surface area (Å²) in [7, 11) is -2.10. The number of hydrogen-bond acceptors (Lipinski definition) is 6. The van der Waals surface area contributed by atoms with E-state index in [9.17, 15) is 8.42 Å². The second kappa shape index (κ2) is 7.13. The van der Waals surface area contributed by atoms with Crippen molar-refractivity contribution in [2.24, 2.45) is 0 Å². The molecule has 1 aromatic heterocycles. The minimum atomic E-state index is -3.58. The lowest BCUT2D eigenvalue weighted by Crippen LogP contribution is -2.31. The molecule has 1 unspecified atom stereocenters. The van der Waals surface area contributed by atoms with Crippen molar-refractivity contribution in [1.82, 2.24) is 14.3 Å². The van der Waals surface area contributed by atoms with Crippen molar-refractivity contribution in [2.75, 3.05) is 20.2 Å². The molecule has 3 aromatic rings. The summed E-state index contributed by atoms with van der Waals surface area (Å²) in [6, 6.07) is 12.9. The second-order valence-corrected chi connectivity index (χ2v) is 8.21. The van der Waals surface area contributed by atoms with Gasteiger partial charge in [0.25, 0.3) is 11.8 Å². The molecule has 0 spiro atoms. The van der Waals surface area contributed by atoms with Crippen molar-refractivity contribution in [3.05, 3.63) is 54.9 Å². The maximum absolute atomic E-state index is 13.0. The largest absolute Gasteiger partial charge is 0.477 e. The van der Waals surface area contributed by atoms with Crippen LogP contribution in [0.3, 0.4) is 0 Å². The number of ether oxygens (including phenoxy) is 2. The van der Waals surface area contributed by atoms with Gasteiger partial charge in [-0.05, 0) is 29.3 Å². The van der Waals surface area contributed by atoms with E-state index in [-0.39, 0.29) is 24.4 Å². The minimum absolute atomic E-state index is 0.259. The van der Waals surface area contributed by atoms with Crippen molar-refractivity contribution < 1.29 is 17.9 Å². The molecule has 7 nitrogen and oxygen atoms in total. The molecule has 0 aliphatic carbocycles. The molecule has 1 saturated heterocycles. The van der Waals surface area contributed by atoms with Crippen LogP contribution in [0.1, 0.15) is 6.42 Å². The first-order chi connectivity index (χ1) is 13.1. The summed E-state index contributed by atoms with van der Waals surface area (Å²) in [6.45, 7) is 0.650.